The first-order valence-corrected chi connectivity index (χ1v) is 5.51. The Hall–Kier alpha value is -0.960. The highest BCUT2D eigenvalue weighted by molar-refractivity contribution is 6.31. The Morgan fingerprint density at radius 3 is 2.69 bits per heavy atom. The monoisotopic (exact) mass is 244 g/mol. The first kappa shape index (κ1) is 11.5. The van der Waals surface area contributed by atoms with Gasteiger partial charge in [-0.3, -0.25) is 4.79 Å². The Kier molecular flexibility index (Phi) is 3.24. The van der Waals surface area contributed by atoms with E-state index in [2.05, 4.69) is 0 Å². The van der Waals surface area contributed by atoms with Crippen molar-refractivity contribution in [1.29, 1.82) is 0 Å². The van der Waals surface area contributed by atoms with Gasteiger partial charge in [0.1, 0.15) is 5.78 Å². The molecule has 1 aromatic carbocycles. The van der Waals surface area contributed by atoms with Crippen LogP contribution >= 0.6 is 11.6 Å². The molecular weight excluding hydrogens is 234 g/mol. The Morgan fingerprint density at radius 2 is 2.12 bits per heavy atom. The van der Waals surface area contributed by atoms with Crippen LogP contribution in [0.3, 0.4) is 0 Å². The second-order valence-electron chi connectivity index (χ2n) is 4.08. The van der Waals surface area contributed by atoms with Crippen molar-refractivity contribution in [3.63, 3.8) is 0 Å². The minimum Gasteiger partial charge on any atom is -0.299 e. The van der Waals surface area contributed by atoms with E-state index >= 15 is 0 Å². The molecule has 2 rings (SSSR count). The van der Waals surface area contributed by atoms with Gasteiger partial charge in [0.15, 0.2) is 0 Å². The maximum absolute atomic E-state index is 12.3. The Labute approximate surface area is 97.4 Å². The molecule has 86 valence electrons. The maximum atomic E-state index is 12.3. The summed E-state index contributed by atoms with van der Waals surface area (Å²) in [5.74, 6) is -1.32. The maximum Gasteiger partial charge on any atom is 0.242 e. The third kappa shape index (κ3) is 2.40. The Morgan fingerprint density at radius 1 is 1.44 bits per heavy atom. The lowest BCUT2D eigenvalue weighted by Gasteiger charge is -2.03. The van der Waals surface area contributed by atoms with Crippen LogP contribution in [0.2, 0.25) is 5.02 Å². The summed E-state index contributed by atoms with van der Waals surface area (Å²) in [6.07, 6.45) is -1.89. The fourth-order valence-electron chi connectivity index (χ4n) is 1.82. The quantitative estimate of drug-likeness (QED) is 0.794. The molecule has 1 nitrogen and oxygen atoms in total. The smallest absolute Gasteiger partial charge is 0.242 e. The van der Waals surface area contributed by atoms with E-state index in [1.54, 1.807) is 24.3 Å². The Bertz CT molecular complexity index is 406. The molecule has 0 spiro atoms. The number of Topliss-reactive ketones (excluding diaryl/α,β-unsaturated/α-hetero) is 1. The second-order valence-corrected chi connectivity index (χ2v) is 4.48. The average molecular weight is 245 g/mol. The van der Waals surface area contributed by atoms with Crippen LogP contribution < -0.4 is 0 Å². The zero-order valence-corrected chi connectivity index (χ0v) is 9.25. The van der Waals surface area contributed by atoms with Crippen molar-refractivity contribution in [1.82, 2.24) is 0 Å². The minimum absolute atomic E-state index is 0.126. The normalized spacial score (nSPS) is 23.5. The highest BCUT2D eigenvalue weighted by atomic mass is 35.5. The van der Waals surface area contributed by atoms with Gasteiger partial charge in [-0.25, -0.2) is 8.78 Å². The van der Waals surface area contributed by atoms with E-state index in [4.69, 9.17) is 11.6 Å². The number of carbonyl (C=O) groups is 1. The molecule has 0 aliphatic heterocycles. The molecule has 1 fully saturated rings. The summed E-state index contributed by atoms with van der Waals surface area (Å²) in [5.41, 5.74) is 0.717. The topological polar surface area (TPSA) is 17.1 Å². The molecule has 0 heterocycles. The molecule has 1 aliphatic carbocycles. The van der Waals surface area contributed by atoms with Crippen LogP contribution in [0.4, 0.5) is 8.78 Å². The molecule has 0 aromatic heterocycles. The van der Waals surface area contributed by atoms with E-state index in [0.29, 0.717) is 17.0 Å². The van der Waals surface area contributed by atoms with Gasteiger partial charge in [-0.2, -0.15) is 0 Å². The lowest BCUT2D eigenvalue weighted by molar-refractivity contribution is -0.120. The van der Waals surface area contributed by atoms with Gasteiger partial charge < -0.3 is 0 Å². The lowest BCUT2D eigenvalue weighted by atomic mass is 10.1. The number of rotatable bonds is 4. The van der Waals surface area contributed by atoms with Gasteiger partial charge in [-0.05, 0) is 18.1 Å². The number of halogens is 3. The van der Waals surface area contributed by atoms with Gasteiger partial charge in [0.25, 0.3) is 0 Å². The van der Waals surface area contributed by atoms with E-state index in [-0.39, 0.29) is 12.2 Å². The van der Waals surface area contributed by atoms with Crippen LogP contribution in [0.1, 0.15) is 12.0 Å². The summed E-state index contributed by atoms with van der Waals surface area (Å²) >= 11 is 5.89. The van der Waals surface area contributed by atoms with Gasteiger partial charge >= 0.3 is 0 Å². The van der Waals surface area contributed by atoms with Gasteiger partial charge in [0.05, 0.1) is 0 Å². The molecule has 0 saturated heterocycles. The van der Waals surface area contributed by atoms with E-state index in [1.165, 1.54) is 0 Å². The summed E-state index contributed by atoms with van der Waals surface area (Å²) in [6, 6.07) is 7.00. The van der Waals surface area contributed by atoms with E-state index in [9.17, 15) is 13.6 Å². The van der Waals surface area contributed by atoms with Crippen LogP contribution in [-0.4, -0.2) is 12.2 Å². The predicted molar refractivity (Wildman–Crippen MR) is 57.8 cm³/mol. The lowest BCUT2D eigenvalue weighted by Crippen LogP contribution is -2.09. The number of hydrogen-bond acceptors (Lipinski definition) is 1. The SMILES string of the molecule is O=C(Cc1ccccc1Cl)C1CC1C(F)F. The van der Waals surface area contributed by atoms with Crippen molar-refractivity contribution in [2.75, 3.05) is 0 Å². The highest BCUT2D eigenvalue weighted by Gasteiger charge is 2.48. The number of hydrogen-bond donors (Lipinski definition) is 0. The van der Waals surface area contributed by atoms with Crippen molar-refractivity contribution in [3.05, 3.63) is 34.9 Å². The van der Waals surface area contributed by atoms with Crippen molar-refractivity contribution in [2.24, 2.45) is 11.8 Å². The van der Waals surface area contributed by atoms with Gasteiger partial charge in [-0.1, -0.05) is 29.8 Å². The predicted octanol–water partition coefficient (Wildman–Crippen LogP) is 3.35. The average Bonchev–Trinajstić information content (AvgIpc) is 3.01. The summed E-state index contributed by atoms with van der Waals surface area (Å²) in [4.78, 5) is 11.6. The molecular formula is C12H11ClF2O. The summed E-state index contributed by atoms with van der Waals surface area (Å²) in [6.45, 7) is 0. The Balaban J connectivity index is 1.97. The number of carbonyl (C=O) groups excluding carboxylic acids is 1. The number of ketones is 1. The summed E-state index contributed by atoms with van der Waals surface area (Å²) < 4.78 is 24.5. The van der Waals surface area contributed by atoms with Crippen LogP contribution in [-0.2, 0) is 11.2 Å². The molecule has 16 heavy (non-hydrogen) atoms. The summed E-state index contributed by atoms with van der Waals surface area (Å²) in [7, 11) is 0. The van der Waals surface area contributed by atoms with Crippen LogP contribution in [0, 0.1) is 11.8 Å². The molecule has 2 atom stereocenters. The molecule has 0 bridgehead atoms. The zero-order valence-electron chi connectivity index (χ0n) is 8.50. The molecule has 1 aromatic rings. The van der Waals surface area contributed by atoms with E-state index in [0.717, 1.165) is 0 Å². The third-order valence-corrected chi connectivity index (χ3v) is 3.27. The fourth-order valence-corrected chi connectivity index (χ4v) is 2.03. The van der Waals surface area contributed by atoms with E-state index < -0.39 is 18.3 Å². The van der Waals surface area contributed by atoms with Crippen LogP contribution in [0.15, 0.2) is 24.3 Å². The fraction of sp³-hybridized carbons (Fsp3) is 0.417. The minimum atomic E-state index is -2.37. The van der Waals surface area contributed by atoms with Crippen molar-refractivity contribution in [2.45, 2.75) is 19.3 Å². The number of benzene rings is 1. The largest absolute Gasteiger partial charge is 0.299 e. The molecule has 0 amide bonds. The first-order chi connectivity index (χ1) is 7.59. The third-order valence-electron chi connectivity index (χ3n) is 2.90. The molecule has 4 heteroatoms. The zero-order chi connectivity index (χ0) is 11.7. The van der Waals surface area contributed by atoms with Gasteiger partial charge in [0, 0.05) is 23.3 Å². The standard InChI is InChI=1S/C12H11ClF2O/c13-10-4-2-1-3-7(10)5-11(16)8-6-9(8)12(14)15/h1-4,8-9,12H,5-6H2. The van der Waals surface area contributed by atoms with Gasteiger partial charge in [-0.15, -0.1) is 0 Å². The number of alkyl halides is 2. The van der Waals surface area contributed by atoms with Gasteiger partial charge in [0.2, 0.25) is 6.43 Å². The van der Waals surface area contributed by atoms with Crippen molar-refractivity contribution >= 4 is 17.4 Å². The molecule has 2 unspecified atom stereocenters. The van der Waals surface area contributed by atoms with E-state index in [1.807, 2.05) is 0 Å². The molecule has 0 radical (unpaired) electrons. The molecule has 0 N–H and O–H groups in total. The van der Waals surface area contributed by atoms with Crippen LogP contribution in [0.25, 0.3) is 0 Å². The van der Waals surface area contributed by atoms with Crippen molar-refractivity contribution in [3.8, 4) is 0 Å². The summed E-state index contributed by atoms with van der Waals surface area (Å²) in [5, 5.41) is 0.519. The molecule has 1 aliphatic rings. The molecule has 1 saturated carbocycles. The second kappa shape index (κ2) is 4.50. The van der Waals surface area contributed by atoms with Crippen molar-refractivity contribution < 1.29 is 13.6 Å². The highest BCUT2D eigenvalue weighted by Crippen LogP contribution is 2.44. The first-order valence-electron chi connectivity index (χ1n) is 5.14. The van der Waals surface area contributed by atoms with Crippen LogP contribution in [0.5, 0.6) is 0 Å².